The van der Waals surface area contributed by atoms with Crippen molar-refractivity contribution in [3.05, 3.63) is 59.7 Å². The summed E-state index contributed by atoms with van der Waals surface area (Å²) in [6, 6.07) is 14.4. The van der Waals surface area contributed by atoms with E-state index in [1.807, 2.05) is 24.3 Å². The minimum atomic E-state index is -0.335. The van der Waals surface area contributed by atoms with Crippen molar-refractivity contribution in [1.29, 1.82) is 0 Å². The van der Waals surface area contributed by atoms with E-state index in [9.17, 15) is 4.79 Å². The molecule has 0 aliphatic rings. The fraction of sp³-hybridized carbons (Fsp3) is 0.125. The van der Waals surface area contributed by atoms with Crippen molar-refractivity contribution in [3.8, 4) is 11.5 Å². The highest BCUT2D eigenvalue weighted by atomic mass is 16.5. The Morgan fingerprint density at radius 3 is 2.33 bits per heavy atom. The molecule has 0 saturated carbocycles. The van der Waals surface area contributed by atoms with E-state index in [1.165, 1.54) is 13.3 Å². The number of carbonyl (C=O) groups excluding carboxylic acids is 1. The summed E-state index contributed by atoms with van der Waals surface area (Å²) in [6.07, 6.45) is 1.53. The average Bonchev–Trinajstić information content (AvgIpc) is 2.55. The average molecular weight is 284 g/mol. The first-order chi connectivity index (χ1) is 10.3. The van der Waals surface area contributed by atoms with Gasteiger partial charge in [0.2, 0.25) is 0 Å². The van der Waals surface area contributed by atoms with E-state index in [-0.39, 0.29) is 5.91 Å². The Balaban J connectivity index is 2.09. The van der Waals surface area contributed by atoms with Gasteiger partial charge in [-0.05, 0) is 24.3 Å². The topological polar surface area (TPSA) is 59.9 Å². The van der Waals surface area contributed by atoms with Gasteiger partial charge in [0.05, 0.1) is 26.0 Å². The number of ether oxygens (including phenoxy) is 2. The van der Waals surface area contributed by atoms with E-state index in [0.29, 0.717) is 17.1 Å². The molecular weight excluding hydrogens is 268 g/mol. The highest BCUT2D eigenvalue weighted by Crippen LogP contribution is 2.17. The fourth-order valence-corrected chi connectivity index (χ4v) is 1.83. The molecule has 1 amide bonds. The zero-order valence-corrected chi connectivity index (χ0v) is 11.9. The molecule has 0 unspecified atom stereocenters. The summed E-state index contributed by atoms with van der Waals surface area (Å²) in [5.74, 6) is 0.855. The predicted molar refractivity (Wildman–Crippen MR) is 81.0 cm³/mol. The number of para-hydroxylation sites is 2. The van der Waals surface area contributed by atoms with Crippen LogP contribution in [0.3, 0.4) is 0 Å². The Hall–Kier alpha value is -2.82. The maximum atomic E-state index is 12.0. The number of amides is 1. The summed E-state index contributed by atoms with van der Waals surface area (Å²) < 4.78 is 10.3. The fourth-order valence-electron chi connectivity index (χ4n) is 1.83. The number of rotatable bonds is 5. The van der Waals surface area contributed by atoms with Gasteiger partial charge in [-0.15, -0.1) is 0 Å². The zero-order chi connectivity index (χ0) is 15.1. The van der Waals surface area contributed by atoms with E-state index in [2.05, 4.69) is 10.5 Å². The summed E-state index contributed by atoms with van der Waals surface area (Å²) in [7, 11) is 3.10. The summed E-state index contributed by atoms with van der Waals surface area (Å²) in [4.78, 5) is 12.0. The molecule has 5 heteroatoms. The minimum absolute atomic E-state index is 0.335. The molecule has 2 aromatic carbocycles. The Labute approximate surface area is 123 Å². The van der Waals surface area contributed by atoms with Crippen molar-refractivity contribution in [2.24, 2.45) is 5.10 Å². The van der Waals surface area contributed by atoms with Crippen LogP contribution >= 0.6 is 0 Å². The lowest BCUT2D eigenvalue weighted by Gasteiger charge is -2.06. The van der Waals surface area contributed by atoms with Crippen LogP contribution in [-0.2, 0) is 0 Å². The molecule has 5 nitrogen and oxygen atoms in total. The Morgan fingerprint density at radius 2 is 1.62 bits per heavy atom. The molecule has 2 rings (SSSR count). The van der Waals surface area contributed by atoms with Gasteiger partial charge < -0.3 is 9.47 Å². The van der Waals surface area contributed by atoms with Crippen LogP contribution < -0.4 is 14.9 Å². The third kappa shape index (κ3) is 3.60. The molecule has 0 aliphatic heterocycles. The van der Waals surface area contributed by atoms with Gasteiger partial charge in [0.25, 0.3) is 5.91 Å². The lowest BCUT2D eigenvalue weighted by atomic mass is 10.2. The van der Waals surface area contributed by atoms with E-state index in [4.69, 9.17) is 9.47 Å². The van der Waals surface area contributed by atoms with Crippen LogP contribution in [0.15, 0.2) is 53.6 Å². The smallest absolute Gasteiger partial charge is 0.275 e. The molecule has 0 saturated heterocycles. The standard InChI is InChI=1S/C16H16N2O3/c1-20-14-9-5-3-7-12(14)11-17-18-16(19)13-8-4-6-10-15(13)21-2/h3-11H,1-2H3,(H,18,19)/b17-11-. The van der Waals surface area contributed by atoms with E-state index in [0.717, 1.165) is 5.56 Å². The van der Waals surface area contributed by atoms with Crippen LogP contribution in [0.4, 0.5) is 0 Å². The number of hydrazone groups is 1. The van der Waals surface area contributed by atoms with E-state index >= 15 is 0 Å². The minimum Gasteiger partial charge on any atom is -0.496 e. The number of benzene rings is 2. The zero-order valence-electron chi connectivity index (χ0n) is 11.9. The molecular formula is C16H16N2O3. The van der Waals surface area contributed by atoms with Gasteiger partial charge in [0.1, 0.15) is 11.5 Å². The predicted octanol–water partition coefficient (Wildman–Crippen LogP) is 2.47. The van der Waals surface area contributed by atoms with Gasteiger partial charge >= 0.3 is 0 Å². The van der Waals surface area contributed by atoms with Crippen molar-refractivity contribution < 1.29 is 14.3 Å². The molecule has 21 heavy (non-hydrogen) atoms. The van der Waals surface area contributed by atoms with Gasteiger partial charge in [0, 0.05) is 5.56 Å². The molecule has 2 aromatic rings. The van der Waals surface area contributed by atoms with Crippen LogP contribution in [0, 0.1) is 0 Å². The van der Waals surface area contributed by atoms with Gasteiger partial charge in [-0.1, -0.05) is 24.3 Å². The number of hydrogen-bond acceptors (Lipinski definition) is 4. The van der Waals surface area contributed by atoms with Crippen LogP contribution in [0.5, 0.6) is 11.5 Å². The summed E-state index contributed by atoms with van der Waals surface area (Å²) in [5, 5.41) is 3.94. The van der Waals surface area contributed by atoms with Crippen LogP contribution in [0.1, 0.15) is 15.9 Å². The lowest BCUT2D eigenvalue weighted by molar-refractivity contribution is 0.0952. The van der Waals surface area contributed by atoms with E-state index in [1.54, 1.807) is 31.4 Å². The first-order valence-electron chi connectivity index (χ1n) is 6.35. The summed E-state index contributed by atoms with van der Waals surface area (Å²) in [6.45, 7) is 0. The lowest BCUT2D eigenvalue weighted by Crippen LogP contribution is -2.18. The highest BCUT2D eigenvalue weighted by Gasteiger charge is 2.10. The monoisotopic (exact) mass is 284 g/mol. The number of methoxy groups -OCH3 is 2. The largest absolute Gasteiger partial charge is 0.496 e. The molecule has 0 radical (unpaired) electrons. The van der Waals surface area contributed by atoms with Gasteiger partial charge in [-0.2, -0.15) is 5.10 Å². The Morgan fingerprint density at radius 1 is 1.00 bits per heavy atom. The van der Waals surface area contributed by atoms with Gasteiger partial charge in [-0.3, -0.25) is 4.79 Å². The van der Waals surface area contributed by atoms with Crippen LogP contribution in [0.25, 0.3) is 0 Å². The Bertz CT molecular complexity index is 653. The first kappa shape index (κ1) is 14.6. The van der Waals surface area contributed by atoms with Crippen molar-refractivity contribution in [1.82, 2.24) is 5.43 Å². The SMILES string of the molecule is COc1ccccc1/C=N\NC(=O)c1ccccc1OC. The molecule has 0 heterocycles. The molecule has 0 spiro atoms. The van der Waals surface area contributed by atoms with Crippen LogP contribution in [0.2, 0.25) is 0 Å². The Kier molecular flexibility index (Phi) is 4.93. The number of carbonyl (C=O) groups is 1. The van der Waals surface area contributed by atoms with Crippen molar-refractivity contribution in [2.45, 2.75) is 0 Å². The normalized spacial score (nSPS) is 10.4. The number of nitrogens with one attached hydrogen (secondary N) is 1. The third-order valence-corrected chi connectivity index (χ3v) is 2.86. The molecule has 1 N–H and O–H groups in total. The summed E-state index contributed by atoms with van der Waals surface area (Å²) in [5.41, 5.74) is 3.67. The van der Waals surface area contributed by atoms with Gasteiger partial charge in [-0.25, -0.2) is 5.43 Å². The van der Waals surface area contributed by atoms with Crippen molar-refractivity contribution >= 4 is 12.1 Å². The first-order valence-corrected chi connectivity index (χ1v) is 6.35. The van der Waals surface area contributed by atoms with E-state index < -0.39 is 0 Å². The second-order valence-electron chi connectivity index (χ2n) is 4.14. The molecule has 0 fully saturated rings. The number of hydrogen-bond donors (Lipinski definition) is 1. The summed E-state index contributed by atoms with van der Waals surface area (Å²) >= 11 is 0. The quantitative estimate of drug-likeness (QED) is 0.677. The molecule has 108 valence electrons. The second kappa shape index (κ2) is 7.09. The maximum absolute atomic E-state index is 12.0. The molecule has 0 bridgehead atoms. The maximum Gasteiger partial charge on any atom is 0.275 e. The van der Waals surface area contributed by atoms with Crippen LogP contribution in [-0.4, -0.2) is 26.3 Å². The van der Waals surface area contributed by atoms with Crippen molar-refractivity contribution in [2.75, 3.05) is 14.2 Å². The van der Waals surface area contributed by atoms with Crippen molar-refractivity contribution in [3.63, 3.8) is 0 Å². The molecule has 0 atom stereocenters. The number of nitrogens with zero attached hydrogens (tertiary/aromatic N) is 1. The molecule has 0 aliphatic carbocycles. The van der Waals surface area contributed by atoms with Gasteiger partial charge in [0.15, 0.2) is 0 Å². The third-order valence-electron chi connectivity index (χ3n) is 2.86. The second-order valence-corrected chi connectivity index (χ2v) is 4.14. The highest BCUT2D eigenvalue weighted by molar-refractivity contribution is 5.97. The molecule has 0 aromatic heterocycles.